The molecule has 9 heteroatoms. The van der Waals surface area contributed by atoms with E-state index in [1.54, 1.807) is 19.2 Å². The zero-order valence-corrected chi connectivity index (χ0v) is 17.1. The number of methoxy groups -OCH3 is 2. The number of hydrogen-bond donors (Lipinski definition) is 1. The molecule has 0 spiro atoms. The van der Waals surface area contributed by atoms with Crippen molar-refractivity contribution in [3.63, 3.8) is 0 Å². The van der Waals surface area contributed by atoms with Crippen LogP contribution in [-0.2, 0) is 17.9 Å². The van der Waals surface area contributed by atoms with E-state index in [0.717, 1.165) is 10.0 Å². The summed E-state index contributed by atoms with van der Waals surface area (Å²) < 4.78 is 11.0. The first-order valence-electron chi connectivity index (χ1n) is 8.42. The Balaban J connectivity index is 2.23. The minimum Gasteiger partial charge on any atom is -0.496 e. The minimum atomic E-state index is -0.901. The topological polar surface area (TPSA) is 102 Å². The van der Waals surface area contributed by atoms with Gasteiger partial charge < -0.3 is 14.6 Å². The van der Waals surface area contributed by atoms with E-state index >= 15 is 0 Å². The third-order valence-corrected chi connectivity index (χ3v) is 4.73. The lowest BCUT2D eigenvalue weighted by molar-refractivity contribution is -0.385. The van der Waals surface area contributed by atoms with Crippen LogP contribution >= 0.6 is 15.9 Å². The molecule has 1 N–H and O–H groups in total. The number of rotatable bonds is 10. The Hall–Kier alpha value is -2.65. The predicted molar refractivity (Wildman–Crippen MR) is 107 cm³/mol. The Labute approximate surface area is 171 Å². The number of nitro groups is 1. The van der Waals surface area contributed by atoms with Crippen LogP contribution in [0, 0.1) is 10.1 Å². The van der Waals surface area contributed by atoms with Gasteiger partial charge in [0.15, 0.2) is 5.75 Å². The molecule has 0 aliphatic carbocycles. The highest BCUT2D eigenvalue weighted by atomic mass is 79.9. The molecule has 0 saturated heterocycles. The van der Waals surface area contributed by atoms with Crippen LogP contribution in [0.4, 0.5) is 5.69 Å². The summed E-state index contributed by atoms with van der Waals surface area (Å²) in [5, 5.41) is 20.3. The monoisotopic (exact) mass is 452 g/mol. The van der Waals surface area contributed by atoms with E-state index < -0.39 is 10.9 Å². The van der Waals surface area contributed by atoms with Gasteiger partial charge in [-0.2, -0.15) is 0 Å². The second-order valence-corrected chi connectivity index (χ2v) is 6.94. The zero-order valence-electron chi connectivity index (χ0n) is 15.6. The molecule has 0 aliphatic heterocycles. The first kappa shape index (κ1) is 21.6. The van der Waals surface area contributed by atoms with Gasteiger partial charge in [-0.1, -0.05) is 12.1 Å². The van der Waals surface area contributed by atoms with Crippen molar-refractivity contribution in [2.75, 3.05) is 20.8 Å². The number of hydrogen-bond acceptors (Lipinski definition) is 6. The number of benzene rings is 2. The van der Waals surface area contributed by atoms with Crippen molar-refractivity contribution in [1.82, 2.24) is 4.90 Å². The number of halogens is 1. The molecule has 0 aromatic heterocycles. The average Bonchev–Trinajstić information content (AvgIpc) is 2.66. The Morgan fingerprint density at radius 2 is 1.68 bits per heavy atom. The van der Waals surface area contributed by atoms with Gasteiger partial charge in [0.25, 0.3) is 0 Å². The minimum absolute atomic E-state index is 0.0322. The lowest BCUT2D eigenvalue weighted by Crippen LogP contribution is -2.25. The molecule has 0 saturated carbocycles. The smallest absolute Gasteiger partial charge is 0.311 e. The fourth-order valence-electron chi connectivity index (χ4n) is 2.77. The summed E-state index contributed by atoms with van der Waals surface area (Å²) in [4.78, 5) is 23.7. The summed E-state index contributed by atoms with van der Waals surface area (Å²) >= 11 is 3.44. The highest BCUT2D eigenvalue weighted by Gasteiger charge is 2.17. The zero-order chi connectivity index (χ0) is 20.7. The summed E-state index contributed by atoms with van der Waals surface area (Å²) in [5.74, 6) is -0.0156. The molecule has 0 fully saturated rings. The Kier molecular flexibility index (Phi) is 7.77. The van der Waals surface area contributed by atoms with Gasteiger partial charge in [-0.05, 0) is 45.3 Å². The first-order chi connectivity index (χ1) is 13.3. The van der Waals surface area contributed by atoms with Crippen molar-refractivity contribution < 1.29 is 24.3 Å². The normalized spacial score (nSPS) is 10.7. The van der Waals surface area contributed by atoms with Crippen LogP contribution in [0.3, 0.4) is 0 Å². The second kappa shape index (κ2) is 10.0. The Morgan fingerprint density at radius 3 is 2.18 bits per heavy atom. The van der Waals surface area contributed by atoms with Crippen LogP contribution in [0.25, 0.3) is 0 Å². The number of aliphatic carboxylic acids is 1. The number of ether oxygens (including phenoxy) is 2. The maximum absolute atomic E-state index is 11.2. The lowest BCUT2D eigenvalue weighted by atomic mass is 10.1. The van der Waals surface area contributed by atoms with Gasteiger partial charge in [-0.25, -0.2) is 0 Å². The molecule has 0 aliphatic rings. The molecular formula is C19H21BrN2O6. The van der Waals surface area contributed by atoms with Crippen LogP contribution in [0.15, 0.2) is 40.9 Å². The molecular weight excluding hydrogens is 432 g/mol. The molecule has 0 heterocycles. The molecule has 150 valence electrons. The van der Waals surface area contributed by atoms with E-state index in [-0.39, 0.29) is 17.9 Å². The van der Waals surface area contributed by atoms with Crippen molar-refractivity contribution in [3.8, 4) is 11.5 Å². The van der Waals surface area contributed by atoms with E-state index in [4.69, 9.17) is 14.6 Å². The van der Waals surface area contributed by atoms with Gasteiger partial charge >= 0.3 is 11.7 Å². The molecule has 28 heavy (non-hydrogen) atoms. The average molecular weight is 453 g/mol. The van der Waals surface area contributed by atoms with Crippen LogP contribution in [0.5, 0.6) is 11.5 Å². The molecule has 2 aromatic carbocycles. The molecule has 2 rings (SSSR count). The number of carbonyl (C=O) groups is 1. The molecule has 0 atom stereocenters. The van der Waals surface area contributed by atoms with Crippen LogP contribution in [0.2, 0.25) is 0 Å². The molecule has 2 aromatic rings. The van der Waals surface area contributed by atoms with Gasteiger partial charge in [0.05, 0.1) is 30.0 Å². The van der Waals surface area contributed by atoms with Crippen LogP contribution in [-0.4, -0.2) is 41.7 Å². The third kappa shape index (κ3) is 5.93. The van der Waals surface area contributed by atoms with Crippen molar-refractivity contribution in [2.45, 2.75) is 19.5 Å². The fourth-order valence-corrected chi connectivity index (χ4v) is 3.36. The molecule has 0 amide bonds. The Bertz CT molecular complexity index is 858. The number of carboxylic acids is 1. The Morgan fingerprint density at radius 1 is 1.11 bits per heavy atom. The molecule has 0 bridgehead atoms. The highest BCUT2D eigenvalue weighted by molar-refractivity contribution is 9.10. The maximum Gasteiger partial charge on any atom is 0.311 e. The van der Waals surface area contributed by atoms with Crippen LogP contribution in [0.1, 0.15) is 17.5 Å². The SMILES string of the molecule is COc1ccc(CN(CCC(=O)O)Cc2ccc(OC)c([N+](=O)[O-])c2)cc1Br. The van der Waals surface area contributed by atoms with E-state index in [0.29, 0.717) is 30.9 Å². The van der Waals surface area contributed by atoms with Gasteiger partial charge in [-0.15, -0.1) is 0 Å². The van der Waals surface area contributed by atoms with Crippen LogP contribution < -0.4 is 9.47 Å². The van der Waals surface area contributed by atoms with E-state index in [9.17, 15) is 14.9 Å². The molecule has 0 radical (unpaired) electrons. The molecule has 0 unspecified atom stereocenters. The van der Waals surface area contributed by atoms with Crippen molar-refractivity contribution >= 4 is 27.6 Å². The van der Waals surface area contributed by atoms with Gasteiger partial charge in [0.1, 0.15) is 5.75 Å². The number of nitrogens with zero attached hydrogens (tertiary/aromatic N) is 2. The molecule has 8 nitrogen and oxygen atoms in total. The lowest BCUT2D eigenvalue weighted by Gasteiger charge is -2.22. The van der Waals surface area contributed by atoms with E-state index in [1.165, 1.54) is 13.2 Å². The predicted octanol–water partition coefficient (Wildman–Crippen LogP) is 3.85. The summed E-state index contributed by atoms with van der Waals surface area (Å²) in [5.41, 5.74) is 1.54. The number of nitro benzene ring substituents is 1. The first-order valence-corrected chi connectivity index (χ1v) is 9.21. The summed E-state index contributed by atoms with van der Waals surface area (Å²) in [6.45, 7) is 1.15. The van der Waals surface area contributed by atoms with E-state index in [2.05, 4.69) is 15.9 Å². The van der Waals surface area contributed by atoms with Gasteiger partial charge in [-0.3, -0.25) is 19.8 Å². The second-order valence-electron chi connectivity index (χ2n) is 6.09. The van der Waals surface area contributed by atoms with Crippen molar-refractivity contribution in [1.29, 1.82) is 0 Å². The third-order valence-electron chi connectivity index (χ3n) is 4.11. The van der Waals surface area contributed by atoms with Crippen molar-refractivity contribution in [2.24, 2.45) is 0 Å². The quantitative estimate of drug-likeness (QED) is 0.431. The van der Waals surface area contributed by atoms with Gasteiger partial charge in [0.2, 0.25) is 0 Å². The highest BCUT2D eigenvalue weighted by Crippen LogP contribution is 2.29. The van der Waals surface area contributed by atoms with Gasteiger partial charge in [0, 0.05) is 25.7 Å². The standard InChI is InChI=1S/C19H21BrN2O6/c1-27-17-5-3-13(9-15(17)20)11-21(8-7-19(23)24)12-14-4-6-18(28-2)16(10-14)22(25)26/h3-6,9-10H,7-8,11-12H2,1-2H3,(H,23,24). The number of carboxylic acid groups (broad SMARTS) is 1. The summed E-state index contributed by atoms with van der Waals surface area (Å²) in [7, 11) is 2.96. The maximum atomic E-state index is 11.2. The largest absolute Gasteiger partial charge is 0.496 e. The fraction of sp³-hybridized carbons (Fsp3) is 0.316. The van der Waals surface area contributed by atoms with E-state index in [1.807, 2.05) is 23.1 Å². The van der Waals surface area contributed by atoms with Crippen molar-refractivity contribution in [3.05, 3.63) is 62.1 Å². The summed E-state index contributed by atoms with van der Waals surface area (Å²) in [6.07, 6.45) is -0.0322. The summed E-state index contributed by atoms with van der Waals surface area (Å²) in [6, 6.07) is 10.4.